The lowest BCUT2D eigenvalue weighted by molar-refractivity contribution is 0.0641. The van der Waals surface area contributed by atoms with Crippen molar-refractivity contribution in [2.24, 2.45) is 11.7 Å². The van der Waals surface area contributed by atoms with Crippen molar-refractivity contribution >= 4 is 5.91 Å². The second-order valence-corrected chi connectivity index (χ2v) is 5.25. The van der Waals surface area contributed by atoms with Gasteiger partial charge in [0.05, 0.1) is 6.54 Å². The summed E-state index contributed by atoms with van der Waals surface area (Å²) in [6.45, 7) is 2.70. The Bertz CT molecular complexity index is 437. The normalized spacial score (nSPS) is 23.9. The predicted octanol–water partition coefficient (Wildman–Crippen LogP) is 1.56. The Morgan fingerprint density at radius 2 is 2.26 bits per heavy atom. The molecule has 1 aliphatic rings. The molecule has 2 N–H and O–H groups in total. The summed E-state index contributed by atoms with van der Waals surface area (Å²) >= 11 is 0. The first-order valence-electron chi connectivity index (χ1n) is 6.45. The number of nitrogens with zero attached hydrogens (tertiary/aromatic N) is 2. The number of rotatable bonds is 3. The molecule has 0 spiro atoms. The Kier molecular flexibility index (Phi) is 4.19. The van der Waals surface area contributed by atoms with Crippen LogP contribution < -0.4 is 5.73 Å². The number of aromatic nitrogens is 1. The number of carbonyl (C=O) groups is 1. The van der Waals surface area contributed by atoms with Gasteiger partial charge in [-0.2, -0.15) is 0 Å². The molecule has 0 bridgehead atoms. The highest BCUT2D eigenvalue weighted by Gasteiger charge is 2.28. The molecule has 2 rings (SSSR count). The van der Waals surface area contributed by atoms with Crippen LogP contribution in [-0.2, 0) is 6.54 Å². The second-order valence-electron chi connectivity index (χ2n) is 5.25. The van der Waals surface area contributed by atoms with Crippen LogP contribution in [0.4, 0.5) is 8.78 Å². The molecule has 0 saturated carbocycles. The third kappa shape index (κ3) is 3.32. The van der Waals surface area contributed by atoms with E-state index in [-0.39, 0.29) is 11.9 Å². The summed E-state index contributed by atoms with van der Waals surface area (Å²) in [5, 5.41) is 0. The lowest BCUT2D eigenvalue weighted by atomic mass is 9.96. The van der Waals surface area contributed by atoms with E-state index >= 15 is 0 Å². The van der Waals surface area contributed by atoms with Crippen molar-refractivity contribution in [2.45, 2.75) is 32.4 Å². The van der Waals surface area contributed by atoms with Crippen LogP contribution in [-0.4, -0.2) is 40.9 Å². The van der Waals surface area contributed by atoms with Crippen molar-refractivity contribution in [3.05, 3.63) is 24.0 Å². The van der Waals surface area contributed by atoms with Crippen LogP contribution >= 0.6 is 0 Å². The Balaban J connectivity index is 2.13. The highest BCUT2D eigenvalue weighted by molar-refractivity contribution is 5.92. The molecule has 106 valence electrons. The molecule has 0 radical (unpaired) electrons. The van der Waals surface area contributed by atoms with Gasteiger partial charge in [0, 0.05) is 25.3 Å². The fourth-order valence-corrected chi connectivity index (χ4v) is 2.64. The zero-order valence-corrected chi connectivity index (χ0v) is 10.9. The zero-order valence-electron chi connectivity index (χ0n) is 10.9. The second kappa shape index (κ2) is 5.69. The number of piperidine rings is 1. The molecule has 4 nitrogen and oxygen atoms in total. The van der Waals surface area contributed by atoms with Gasteiger partial charge < -0.3 is 15.2 Å². The van der Waals surface area contributed by atoms with Crippen LogP contribution in [0.2, 0.25) is 0 Å². The van der Waals surface area contributed by atoms with E-state index in [4.69, 9.17) is 5.73 Å². The van der Waals surface area contributed by atoms with E-state index < -0.39 is 13.0 Å². The first kappa shape index (κ1) is 14.0. The van der Waals surface area contributed by atoms with Crippen molar-refractivity contribution in [1.29, 1.82) is 0 Å². The number of amides is 1. The maximum atomic E-state index is 12.4. The Morgan fingerprint density at radius 3 is 2.89 bits per heavy atom. The largest absolute Gasteiger partial charge is 0.338 e. The number of likely N-dealkylation sites (tertiary alicyclic amines) is 1. The third-order valence-electron chi connectivity index (χ3n) is 3.36. The lowest BCUT2D eigenvalue weighted by Gasteiger charge is -2.34. The fraction of sp³-hybridized carbons (Fsp3) is 0.615. The molecule has 1 aliphatic heterocycles. The summed E-state index contributed by atoms with van der Waals surface area (Å²) in [7, 11) is 0. The van der Waals surface area contributed by atoms with E-state index in [0.717, 1.165) is 6.42 Å². The summed E-state index contributed by atoms with van der Waals surface area (Å²) < 4.78 is 26.2. The van der Waals surface area contributed by atoms with E-state index in [1.165, 1.54) is 10.8 Å². The number of halogens is 2. The van der Waals surface area contributed by atoms with E-state index in [9.17, 15) is 13.6 Å². The monoisotopic (exact) mass is 271 g/mol. The lowest BCUT2D eigenvalue weighted by Crippen LogP contribution is -2.49. The standard InChI is InChI=1S/C13H19F2N3O/c1-9-5-10(16)7-18(6-9)13(19)11-3-2-4-17(11)8-12(14)15/h2-4,9-10,12H,5-8,16H2,1H3. The number of nitrogens with two attached hydrogens (primary N) is 1. The Morgan fingerprint density at radius 1 is 1.53 bits per heavy atom. The van der Waals surface area contributed by atoms with Gasteiger partial charge in [0.2, 0.25) is 0 Å². The summed E-state index contributed by atoms with van der Waals surface area (Å²) in [6, 6.07) is 3.16. The van der Waals surface area contributed by atoms with Crippen molar-refractivity contribution in [1.82, 2.24) is 9.47 Å². The van der Waals surface area contributed by atoms with Crippen molar-refractivity contribution < 1.29 is 13.6 Å². The van der Waals surface area contributed by atoms with Gasteiger partial charge in [0.15, 0.2) is 0 Å². The van der Waals surface area contributed by atoms with E-state index in [1.54, 1.807) is 17.0 Å². The molecule has 2 heterocycles. The predicted molar refractivity (Wildman–Crippen MR) is 68.1 cm³/mol. The molecule has 19 heavy (non-hydrogen) atoms. The number of carbonyl (C=O) groups excluding carboxylic acids is 1. The first-order valence-corrected chi connectivity index (χ1v) is 6.45. The van der Waals surface area contributed by atoms with Crippen LogP contribution in [0.25, 0.3) is 0 Å². The quantitative estimate of drug-likeness (QED) is 0.907. The average Bonchev–Trinajstić information content (AvgIpc) is 2.73. The number of alkyl halides is 2. The van der Waals surface area contributed by atoms with Crippen molar-refractivity contribution in [2.75, 3.05) is 13.1 Å². The molecule has 2 unspecified atom stereocenters. The fourth-order valence-electron chi connectivity index (χ4n) is 2.64. The topological polar surface area (TPSA) is 51.3 Å². The number of hydrogen-bond donors (Lipinski definition) is 1. The van der Waals surface area contributed by atoms with E-state index in [2.05, 4.69) is 0 Å². The van der Waals surface area contributed by atoms with E-state index in [1.807, 2.05) is 6.92 Å². The Labute approximate surface area is 111 Å². The maximum Gasteiger partial charge on any atom is 0.270 e. The van der Waals surface area contributed by atoms with E-state index in [0.29, 0.717) is 24.7 Å². The molecule has 1 amide bonds. The SMILES string of the molecule is CC1CC(N)CN(C(=O)c2cccn2CC(F)F)C1. The van der Waals surface area contributed by atoms with Crippen LogP contribution in [0.1, 0.15) is 23.8 Å². The van der Waals surface area contributed by atoms with Gasteiger partial charge in [0.1, 0.15) is 5.69 Å². The highest BCUT2D eigenvalue weighted by atomic mass is 19.3. The molecule has 1 fully saturated rings. The van der Waals surface area contributed by atoms with Crippen molar-refractivity contribution in [3.63, 3.8) is 0 Å². The van der Waals surface area contributed by atoms with Gasteiger partial charge in [-0.3, -0.25) is 4.79 Å². The molecule has 1 aromatic heterocycles. The van der Waals surface area contributed by atoms with Crippen molar-refractivity contribution in [3.8, 4) is 0 Å². The van der Waals surface area contributed by atoms with Gasteiger partial charge in [-0.1, -0.05) is 6.92 Å². The zero-order chi connectivity index (χ0) is 14.0. The first-order chi connectivity index (χ1) is 8.97. The molecule has 1 aromatic rings. The van der Waals surface area contributed by atoms with Gasteiger partial charge in [0.25, 0.3) is 12.3 Å². The van der Waals surface area contributed by atoms with Crippen LogP contribution in [0.15, 0.2) is 18.3 Å². The maximum absolute atomic E-state index is 12.4. The molecule has 6 heteroatoms. The summed E-state index contributed by atoms with van der Waals surface area (Å²) in [5.41, 5.74) is 6.21. The molecule has 2 atom stereocenters. The van der Waals surface area contributed by atoms with Crippen LogP contribution in [0, 0.1) is 5.92 Å². The minimum absolute atomic E-state index is 0.0359. The van der Waals surface area contributed by atoms with Crippen LogP contribution in [0.5, 0.6) is 0 Å². The summed E-state index contributed by atoms with van der Waals surface area (Å²) in [5.74, 6) is 0.124. The minimum atomic E-state index is -2.47. The smallest absolute Gasteiger partial charge is 0.270 e. The summed E-state index contributed by atoms with van der Waals surface area (Å²) in [4.78, 5) is 14.0. The van der Waals surface area contributed by atoms with Gasteiger partial charge >= 0.3 is 0 Å². The van der Waals surface area contributed by atoms with Gasteiger partial charge in [-0.05, 0) is 24.5 Å². The number of hydrogen-bond acceptors (Lipinski definition) is 2. The Hall–Kier alpha value is -1.43. The third-order valence-corrected chi connectivity index (χ3v) is 3.36. The van der Waals surface area contributed by atoms with Crippen LogP contribution in [0.3, 0.4) is 0 Å². The highest BCUT2D eigenvalue weighted by Crippen LogP contribution is 2.18. The summed E-state index contributed by atoms with van der Waals surface area (Å²) in [6.07, 6.45) is -0.0735. The molecule has 0 aromatic carbocycles. The molecular weight excluding hydrogens is 252 g/mol. The molecule has 1 saturated heterocycles. The van der Waals surface area contributed by atoms with Gasteiger partial charge in [-0.15, -0.1) is 0 Å². The molecule has 0 aliphatic carbocycles. The average molecular weight is 271 g/mol. The van der Waals surface area contributed by atoms with Gasteiger partial charge in [-0.25, -0.2) is 8.78 Å². The minimum Gasteiger partial charge on any atom is -0.338 e. The molecular formula is C13H19F2N3O.